The highest BCUT2D eigenvalue weighted by molar-refractivity contribution is 9.10. The van der Waals surface area contributed by atoms with E-state index < -0.39 is 0 Å². The van der Waals surface area contributed by atoms with E-state index in [1.54, 1.807) is 6.07 Å². The number of carbonyl (C=O) groups is 1. The maximum absolute atomic E-state index is 13.2. The Morgan fingerprint density at radius 3 is 2.95 bits per heavy atom. The molecular weight excluding hydrogens is 329 g/mol. The number of nitrogens with one attached hydrogen (secondary N) is 1. The normalized spacial score (nSPS) is 13.4. The zero-order valence-electron chi connectivity index (χ0n) is 10.0. The van der Waals surface area contributed by atoms with Gasteiger partial charge in [0.25, 0.3) is 5.91 Å². The maximum atomic E-state index is 13.2. The Morgan fingerprint density at radius 2 is 2.16 bits per heavy atom. The van der Waals surface area contributed by atoms with E-state index >= 15 is 0 Å². The van der Waals surface area contributed by atoms with Crippen molar-refractivity contribution >= 4 is 38.9 Å². The van der Waals surface area contributed by atoms with Gasteiger partial charge in [0.05, 0.1) is 10.6 Å². The quantitative estimate of drug-likeness (QED) is 0.863. The van der Waals surface area contributed by atoms with Crippen LogP contribution < -0.4 is 5.32 Å². The van der Waals surface area contributed by atoms with Gasteiger partial charge >= 0.3 is 0 Å². The van der Waals surface area contributed by atoms with Gasteiger partial charge in [-0.05, 0) is 65.0 Å². The van der Waals surface area contributed by atoms with Crippen LogP contribution in [0.5, 0.6) is 0 Å². The van der Waals surface area contributed by atoms with Gasteiger partial charge in [-0.15, -0.1) is 11.3 Å². The smallest absolute Gasteiger partial charge is 0.265 e. The monoisotopic (exact) mass is 339 g/mol. The van der Waals surface area contributed by atoms with Gasteiger partial charge in [0, 0.05) is 9.35 Å². The number of benzene rings is 1. The maximum Gasteiger partial charge on any atom is 0.265 e. The molecule has 2 nitrogen and oxygen atoms in total. The van der Waals surface area contributed by atoms with Crippen molar-refractivity contribution in [1.82, 2.24) is 0 Å². The van der Waals surface area contributed by atoms with Crippen molar-refractivity contribution in [3.05, 3.63) is 49.9 Å². The Hall–Kier alpha value is -1.20. The van der Waals surface area contributed by atoms with Gasteiger partial charge in [-0.1, -0.05) is 0 Å². The van der Waals surface area contributed by atoms with Gasteiger partial charge in [0.1, 0.15) is 5.82 Å². The Morgan fingerprint density at radius 1 is 1.32 bits per heavy atom. The predicted octanol–water partition coefficient (Wildman–Crippen LogP) is 4.39. The van der Waals surface area contributed by atoms with E-state index in [9.17, 15) is 9.18 Å². The van der Waals surface area contributed by atoms with Crippen LogP contribution in [0.25, 0.3) is 0 Å². The van der Waals surface area contributed by atoms with Crippen molar-refractivity contribution in [2.75, 3.05) is 5.32 Å². The number of thiophene rings is 1. The average Bonchev–Trinajstić information content (AvgIpc) is 2.94. The standard InChI is InChI=1S/C14H11BrFNOS/c15-10-5-4-9(16)7-11(10)17-14(18)13-6-8-2-1-3-12(8)19-13/h4-7H,1-3H2,(H,17,18). The number of carbonyl (C=O) groups excluding carboxylic acids is 1. The van der Waals surface area contributed by atoms with Crippen molar-refractivity contribution in [1.29, 1.82) is 0 Å². The highest BCUT2D eigenvalue weighted by Crippen LogP contribution is 2.31. The van der Waals surface area contributed by atoms with Crippen molar-refractivity contribution < 1.29 is 9.18 Å². The fraction of sp³-hybridized carbons (Fsp3) is 0.214. The first kappa shape index (κ1) is 12.8. The third kappa shape index (κ3) is 2.58. The molecule has 0 fully saturated rings. The zero-order valence-corrected chi connectivity index (χ0v) is 12.4. The first-order chi connectivity index (χ1) is 9.13. The molecule has 1 aromatic heterocycles. The third-order valence-corrected chi connectivity index (χ3v) is 5.07. The third-order valence-electron chi connectivity index (χ3n) is 3.15. The van der Waals surface area contributed by atoms with E-state index in [1.807, 2.05) is 6.07 Å². The Labute approximate surface area is 122 Å². The van der Waals surface area contributed by atoms with Gasteiger partial charge in [-0.2, -0.15) is 0 Å². The second-order valence-electron chi connectivity index (χ2n) is 4.49. The molecule has 1 amide bonds. The molecule has 0 unspecified atom stereocenters. The number of amides is 1. The summed E-state index contributed by atoms with van der Waals surface area (Å²) < 4.78 is 13.8. The zero-order chi connectivity index (χ0) is 13.4. The molecule has 1 N–H and O–H groups in total. The number of aryl methyl sites for hydroxylation is 2. The lowest BCUT2D eigenvalue weighted by Gasteiger charge is -2.06. The van der Waals surface area contributed by atoms with Gasteiger partial charge in [0.2, 0.25) is 0 Å². The van der Waals surface area contributed by atoms with E-state index in [2.05, 4.69) is 21.2 Å². The van der Waals surface area contributed by atoms with Gasteiger partial charge in [0.15, 0.2) is 0 Å². The molecule has 5 heteroatoms. The first-order valence-corrected chi connectivity index (χ1v) is 7.62. The van der Waals surface area contributed by atoms with E-state index in [-0.39, 0.29) is 11.7 Å². The van der Waals surface area contributed by atoms with Crippen molar-refractivity contribution in [3.63, 3.8) is 0 Å². The predicted molar refractivity (Wildman–Crippen MR) is 78.4 cm³/mol. The number of hydrogen-bond acceptors (Lipinski definition) is 2. The summed E-state index contributed by atoms with van der Waals surface area (Å²) in [5.41, 5.74) is 1.74. The number of fused-ring (bicyclic) bond motifs is 1. The number of rotatable bonds is 2. The van der Waals surface area contributed by atoms with Crippen LogP contribution in [0, 0.1) is 5.82 Å². The number of anilines is 1. The fourth-order valence-corrected chi connectivity index (χ4v) is 3.71. The van der Waals surface area contributed by atoms with Gasteiger partial charge in [-0.3, -0.25) is 4.79 Å². The SMILES string of the molecule is O=C(Nc1cc(F)ccc1Br)c1cc2c(s1)CCC2. The Balaban J connectivity index is 1.82. The fourth-order valence-electron chi connectivity index (χ4n) is 2.22. The molecule has 1 aromatic carbocycles. The molecule has 1 aliphatic carbocycles. The minimum absolute atomic E-state index is 0.175. The molecule has 0 saturated carbocycles. The van der Waals surface area contributed by atoms with E-state index in [0.29, 0.717) is 15.0 Å². The summed E-state index contributed by atoms with van der Waals surface area (Å²) in [6.07, 6.45) is 3.30. The van der Waals surface area contributed by atoms with E-state index in [0.717, 1.165) is 12.8 Å². The molecule has 19 heavy (non-hydrogen) atoms. The molecule has 1 heterocycles. The summed E-state index contributed by atoms with van der Waals surface area (Å²) in [6, 6.07) is 6.19. The van der Waals surface area contributed by atoms with Crippen LogP contribution in [0.2, 0.25) is 0 Å². The summed E-state index contributed by atoms with van der Waals surface area (Å²) in [5, 5.41) is 2.74. The Bertz CT molecular complexity index is 631. The molecule has 98 valence electrons. The highest BCUT2D eigenvalue weighted by Gasteiger charge is 2.19. The van der Waals surface area contributed by atoms with Gasteiger partial charge < -0.3 is 5.32 Å². The molecular formula is C14H11BrFNOS. The lowest BCUT2D eigenvalue weighted by molar-refractivity contribution is 0.103. The summed E-state index contributed by atoms with van der Waals surface area (Å²) in [5.74, 6) is -0.544. The van der Waals surface area contributed by atoms with Crippen molar-refractivity contribution in [2.24, 2.45) is 0 Å². The second kappa shape index (κ2) is 5.06. The summed E-state index contributed by atoms with van der Waals surface area (Å²) >= 11 is 4.84. The van der Waals surface area contributed by atoms with Crippen LogP contribution in [0.15, 0.2) is 28.7 Å². The van der Waals surface area contributed by atoms with Crippen LogP contribution in [0.3, 0.4) is 0 Å². The van der Waals surface area contributed by atoms with Crippen LogP contribution in [-0.2, 0) is 12.8 Å². The molecule has 0 saturated heterocycles. The minimum atomic E-state index is -0.368. The van der Waals surface area contributed by atoms with Crippen LogP contribution in [0.1, 0.15) is 26.5 Å². The molecule has 2 aromatic rings. The molecule has 3 rings (SSSR count). The van der Waals surface area contributed by atoms with E-state index in [1.165, 1.54) is 40.3 Å². The second-order valence-corrected chi connectivity index (χ2v) is 6.48. The summed E-state index contributed by atoms with van der Waals surface area (Å²) in [7, 11) is 0. The summed E-state index contributed by atoms with van der Waals surface area (Å²) in [4.78, 5) is 14.1. The number of hydrogen-bond donors (Lipinski definition) is 1. The van der Waals surface area contributed by atoms with Crippen molar-refractivity contribution in [2.45, 2.75) is 19.3 Å². The lowest BCUT2D eigenvalue weighted by atomic mass is 10.2. The first-order valence-electron chi connectivity index (χ1n) is 6.01. The van der Waals surface area contributed by atoms with E-state index in [4.69, 9.17) is 0 Å². The molecule has 1 aliphatic rings. The number of halogens is 2. The van der Waals surface area contributed by atoms with Crippen LogP contribution in [0.4, 0.5) is 10.1 Å². The van der Waals surface area contributed by atoms with Crippen LogP contribution in [-0.4, -0.2) is 5.91 Å². The molecule has 0 radical (unpaired) electrons. The molecule has 0 bridgehead atoms. The highest BCUT2D eigenvalue weighted by atomic mass is 79.9. The molecule has 0 atom stereocenters. The van der Waals surface area contributed by atoms with Gasteiger partial charge in [-0.25, -0.2) is 4.39 Å². The van der Waals surface area contributed by atoms with Crippen molar-refractivity contribution in [3.8, 4) is 0 Å². The van der Waals surface area contributed by atoms with Crippen LogP contribution >= 0.6 is 27.3 Å². The topological polar surface area (TPSA) is 29.1 Å². The molecule has 0 aliphatic heterocycles. The average molecular weight is 340 g/mol. The largest absolute Gasteiger partial charge is 0.320 e. The summed E-state index contributed by atoms with van der Waals surface area (Å²) in [6.45, 7) is 0. The Kier molecular flexibility index (Phi) is 3.41. The lowest BCUT2D eigenvalue weighted by Crippen LogP contribution is -2.10. The minimum Gasteiger partial charge on any atom is -0.320 e. The molecule has 0 spiro atoms.